The average Bonchev–Trinajstić information content (AvgIpc) is 3.46. The van der Waals surface area contributed by atoms with E-state index in [-0.39, 0.29) is 12.0 Å². The minimum atomic E-state index is 0.0914. The van der Waals surface area contributed by atoms with Gasteiger partial charge in [-0.1, -0.05) is 127 Å². The fraction of sp³-hybridized carbons (Fsp3) is 0.0500. The van der Waals surface area contributed by atoms with Crippen LogP contribution in [0.25, 0.3) is 66.2 Å². The molecule has 43 heavy (non-hydrogen) atoms. The Morgan fingerprint density at radius 1 is 0.465 bits per heavy atom. The largest absolute Gasteiger partial charge is 0.485 e. The molecule has 0 radical (unpaired) electrons. The molecular weight excluding hydrogens is 524 g/mol. The van der Waals surface area contributed by atoms with Gasteiger partial charge >= 0.3 is 0 Å². The van der Waals surface area contributed by atoms with Gasteiger partial charge in [-0.2, -0.15) is 0 Å². The first-order chi connectivity index (χ1) is 21.3. The van der Waals surface area contributed by atoms with Crippen LogP contribution in [0.4, 0.5) is 0 Å². The van der Waals surface area contributed by atoms with E-state index in [0.29, 0.717) is 0 Å². The second-order valence-electron chi connectivity index (χ2n) is 11.3. The Morgan fingerprint density at radius 2 is 1.00 bits per heavy atom. The third-order valence-electron chi connectivity index (χ3n) is 8.81. The summed E-state index contributed by atoms with van der Waals surface area (Å²) in [5.74, 6) is 1.25. The lowest BCUT2D eigenvalue weighted by Crippen LogP contribution is -2.15. The van der Waals surface area contributed by atoms with Crippen LogP contribution >= 0.6 is 0 Å². The van der Waals surface area contributed by atoms with E-state index in [1.54, 1.807) is 0 Å². The summed E-state index contributed by atoms with van der Waals surface area (Å²) in [7, 11) is 0. The summed E-state index contributed by atoms with van der Waals surface area (Å²) in [6.07, 6.45) is 8.65. The van der Waals surface area contributed by atoms with Crippen LogP contribution in [0.5, 0.6) is 5.75 Å². The Kier molecular flexibility index (Phi) is 5.32. The predicted octanol–water partition coefficient (Wildman–Crippen LogP) is 9.91. The van der Waals surface area contributed by atoms with Crippen molar-refractivity contribution in [3.05, 3.63) is 151 Å². The molecule has 0 spiro atoms. The van der Waals surface area contributed by atoms with Crippen molar-refractivity contribution in [1.29, 1.82) is 0 Å². The lowest BCUT2D eigenvalue weighted by molar-refractivity contribution is 0.269. The van der Waals surface area contributed by atoms with Gasteiger partial charge in [0.25, 0.3) is 0 Å². The molecule has 6 aromatic carbocycles. The molecule has 1 aromatic heterocycles. The van der Waals surface area contributed by atoms with Crippen molar-refractivity contribution < 1.29 is 4.74 Å². The minimum Gasteiger partial charge on any atom is -0.485 e. The predicted molar refractivity (Wildman–Crippen MR) is 176 cm³/mol. The second-order valence-corrected chi connectivity index (χ2v) is 11.3. The van der Waals surface area contributed by atoms with E-state index in [4.69, 9.17) is 14.7 Å². The van der Waals surface area contributed by atoms with Crippen molar-refractivity contribution in [2.45, 2.75) is 12.0 Å². The summed E-state index contributed by atoms with van der Waals surface area (Å²) in [6.45, 7) is 0. The van der Waals surface area contributed by atoms with E-state index in [9.17, 15) is 0 Å². The summed E-state index contributed by atoms with van der Waals surface area (Å²) in [5.41, 5.74) is 9.32. The van der Waals surface area contributed by atoms with Crippen molar-refractivity contribution in [2.24, 2.45) is 0 Å². The van der Waals surface area contributed by atoms with Crippen molar-refractivity contribution in [3.8, 4) is 39.4 Å². The highest BCUT2D eigenvalue weighted by Crippen LogP contribution is 2.43. The molecule has 0 N–H and O–H groups in total. The van der Waals surface area contributed by atoms with Crippen LogP contribution in [0.15, 0.2) is 146 Å². The average molecular weight is 551 g/mol. The molecule has 0 amide bonds. The van der Waals surface area contributed by atoms with Crippen LogP contribution < -0.4 is 4.74 Å². The van der Waals surface area contributed by atoms with Gasteiger partial charge in [-0.15, -0.1) is 0 Å². The van der Waals surface area contributed by atoms with Gasteiger partial charge in [0.05, 0.1) is 22.4 Å². The molecule has 0 saturated carbocycles. The zero-order valence-corrected chi connectivity index (χ0v) is 23.3. The third kappa shape index (κ3) is 3.82. The fourth-order valence-corrected chi connectivity index (χ4v) is 6.70. The molecule has 3 heteroatoms. The van der Waals surface area contributed by atoms with Gasteiger partial charge in [0.15, 0.2) is 0 Å². The number of fused-ring (bicyclic) bond motifs is 9. The first-order valence-corrected chi connectivity index (χ1v) is 14.7. The number of ether oxygens (including phenoxy) is 1. The number of benzene rings is 6. The van der Waals surface area contributed by atoms with E-state index in [1.807, 2.05) is 6.07 Å². The molecular formula is C40H26N2O. The molecule has 2 aliphatic rings. The second kappa shape index (κ2) is 9.50. The summed E-state index contributed by atoms with van der Waals surface area (Å²) in [4.78, 5) is 10.8. The van der Waals surface area contributed by atoms with E-state index in [0.717, 1.165) is 55.6 Å². The van der Waals surface area contributed by atoms with Gasteiger partial charge in [0.1, 0.15) is 11.9 Å². The molecule has 2 atom stereocenters. The smallest absolute Gasteiger partial charge is 0.128 e. The molecule has 1 aliphatic carbocycles. The SMILES string of the molecule is C1=CC2Oc3ccc(-c4ccc(-c5nc6c7ccccc7c7ccccc7c6nc5-c5ccccc5)cc4)cc3C2C=C1. The molecule has 1 aliphatic heterocycles. The first kappa shape index (κ1) is 24.1. The highest BCUT2D eigenvalue weighted by atomic mass is 16.5. The number of aromatic nitrogens is 2. The molecule has 2 unspecified atom stereocenters. The first-order valence-electron chi connectivity index (χ1n) is 14.7. The number of hydrogen-bond donors (Lipinski definition) is 0. The monoisotopic (exact) mass is 550 g/mol. The molecule has 7 aromatic rings. The van der Waals surface area contributed by atoms with Crippen molar-refractivity contribution in [3.63, 3.8) is 0 Å². The zero-order chi connectivity index (χ0) is 28.3. The summed E-state index contributed by atoms with van der Waals surface area (Å²) < 4.78 is 6.17. The molecule has 2 heterocycles. The molecule has 9 rings (SSSR count). The Morgan fingerprint density at radius 3 is 1.67 bits per heavy atom. The lowest BCUT2D eigenvalue weighted by atomic mass is 9.90. The highest BCUT2D eigenvalue weighted by Gasteiger charge is 2.32. The quantitative estimate of drug-likeness (QED) is 0.205. The van der Waals surface area contributed by atoms with Crippen LogP contribution in [-0.2, 0) is 0 Å². The summed E-state index contributed by atoms with van der Waals surface area (Å²) in [6, 6.07) is 42.7. The van der Waals surface area contributed by atoms with Crippen LogP contribution in [-0.4, -0.2) is 16.1 Å². The number of hydrogen-bond acceptors (Lipinski definition) is 3. The summed E-state index contributed by atoms with van der Waals surface area (Å²) >= 11 is 0. The maximum absolute atomic E-state index is 6.17. The van der Waals surface area contributed by atoms with E-state index >= 15 is 0 Å². The Hall–Kier alpha value is -5.54. The Labute approximate surface area is 249 Å². The van der Waals surface area contributed by atoms with Gasteiger partial charge in [0.2, 0.25) is 0 Å². The van der Waals surface area contributed by atoms with Crippen LogP contribution in [0.2, 0.25) is 0 Å². The Balaban J connectivity index is 1.22. The van der Waals surface area contributed by atoms with E-state index < -0.39 is 0 Å². The van der Waals surface area contributed by atoms with Gasteiger partial charge in [0, 0.05) is 33.4 Å². The number of rotatable bonds is 3. The minimum absolute atomic E-state index is 0.0914. The number of allylic oxidation sites excluding steroid dienone is 2. The molecule has 202 valence electrons. The highest BCUT2D eigenvalue weighted by molar-refractivity contribution is 6.23. The normalized spacial score (nSPS) is 16.8. The van der Waals surface area contributed by atoms with E-state index in [2.05, 4.69) is 140 Å². The maximum atomic E-state index is 6.17. The van der Waals surface area contributed by atoms with Gasteiger partial charge < -0.3 is 4.74 Å². The molecule has 0 fully saturated rings. The van der Waals surface area contributed by atoms with Crippen molar-refractivity contribution in [1.82, 2.24) is 9.97 Å². The van der Waals surface area contributed by atoms with Crippen molar-refractivity contribution in [2.75, 3.05) is 0 Å². The van der Waals surface area contributed by atoms with Gasteiger partial charge in [-0.3, -0.25) is 0 Å². The number of nitrogens with zero attached hydrogens (tertiary/aromatic N) is 2. The Bertz CT molecular complexity index is 2270. The maximum Gasteiger partial charge on any atom is 0.128 e. The third-order valence-corrected chi connectivity index (χ3v) is 8.81. The van der Waals surface area contributed by atoms with Crippen LogP contribution in [0.3, 0.4) is 0 Å². The van der Waals surface area contributed by atoms with Gasteiger partial charge in [-0.25, -0.2) is 9.97 Å². The van der Waals surface area contributed by atoms with E-state index in [1.165, 1.54) is 21.9 Å². The van der Waals surface area contributed by atoms with Crippen LogP contribution in [0, 0.1) is 0 Å². The molecule has 0 bridgehead atoms. The van der Waals surface area contributed by atoms with Crippen molar-refractivity contribution >= 4 is 32.6 Å². The lowest BCUT2D eigenvalue weighted by Gasteiger charge is -2.15. The van der Waals surface area contributed by atoms with Crippen LogP contribution in [0.1, 0.15) is 11.5 Å². The fourth-order valence-electron chi connectivity index (χ4n) is 6.70. The van der Waals surface area contributed by atoms with Gasteiger partial charge in [-0.05, 0) is 40.1 Å². The topological polar surface area (TPSA) is 35.0 Å². The molecule has 0 saturated heterocycles. The zero-order valence-electron chi connectivity index (χ0n) is 23.3. The summed E-state index contributed by atoms with van der Waals surface area (Å²) in [5, 5.41) is 4.63. The standard InChI is InChI=1S/C40H26N2O/c1-2-10-26(11-3-1)37-38(42-40-33-16-7-5-13-30(33)29-12-4-6-15-32(29)39(40)41-37)27-20-18-25(19-21-27)28-22-23-36-34(24-28)31-14-8-9-17-35(31)43-36/h1-24,31,35H. The molecule has 3 nitrogen and oxygen atoms in total.